The summed E-state index contributed by atoms with van der Waals surface area (Å²) >= 11 is 0. The Bertz CT molecular complexity index is 524. The van der Waals surface area contributed by atoms with E-state index in [0.29, 0.717) is 12.6 Å². The van der Waals surface area contributed by atoms with Crippen molar-refractivity contribution >= 4 is 11.7 Å². The van der Waals surface area contributed by atoms with Gasteiger partial charge in [0.2, 0.25) is 0 Å². The summed E-state index contributed by atoms with van der Waals surface area (Å²) in [6.07, 6.45) is 3.37. The van der Waals surface area contributed by atoms with Gasteiger partial charge >= 0.3 is 6.03 Å². The Hall–Kier alpha value is -1.99. The Labute approximate surface area is 113 Å². The van der Waals surface area contributed by atoms with Crippen molar-refractivity contribution in [3.63, 3.8) is 0 Å². The number of hydrogen-bond acceptors (Lipinski definition) is 2. The molecular weight excluding hydrogens is 238 g/mol. The van der Waals surface area contributed by atoms with Gasteiger partial charge < -0.3 is 16.4 Å². The molecule has 0 heterocycles. The number of benzene rings is 1. The molecule has 0 aromatic heterocycles. The molecule has 4 heteroatoms. The zero-order valence-electron chi connectivity index (χ0n) is 11.1. The van der Waals surface area contributed by atoms with Crippen LogP contribution in [0.25, 0.3) is 0 Å². The van der Waals surface area contributed by atoms with Crippen LogP contribution in [0.4, 0.5) is 10.5 Å². The van der Waals surface area contributed by atoms with Crippen molar-refractivity contribution < 1.29 is 4.79 Å². The van der Waals surface area contributed by atoms with Crippen LogP contribution in [0, 0.1) is 18.8 Å². The van der Waals surface area contributed by atoms with Crippen LogP contribution in [-0.2, 0) is 0 Å². The molecule has 0 aliphatic heterocycles. The first-order valence-corrected chi connectivity index (χ1v) is 6.56. The second-order valence-corrected chi connectivity index (χ2v) is 4.76. The molecule has 1 aromatic rings. The molecule has 1 aromatic carbocycles. The zero-order valence-corrected chi connectivity index (χ0v) is 11.1. The first-order valence-electron chi connectivity index (χ1n) is 6.56. The summed E-state index contributed by atoms with van der Waals surface area (Å²) in [6, 6.07) is 5.88. The lowest BCUT2D eigenvalue weighted by Gasteiger charge is -2.26. The standard InChI is InChI=1S/C15H19N3O/c1-11-10-14(8-7-12(11)4-3-9-16)18-15(19)17-13-5-2-6-13/h7-8,10,13H,2,5-6,9,16H2,1H3,(H2,17,18,19). The number of hydrogen-bond donors (Lipinski definition) is 3. The Morgan fingerprint density at radius 1 is 1.47 bits per heavy atom. The minimum Gasteiger partial charge on any atom is -0.335 e. The summed E-state index contributed by atoms with van der Waals surface area (Å²) in [7, 11) is 0. The summed E-state index contributed by atoms with van der Waals surface area (Å²) in [4.78, 5) is 11.7. The van der Waals surface area contributed by atoms with E-state index in [1.54, 1.807) is 0 Å². The monoisotopic (exact) mass is 257 g/mol. The molecule has 19 heavy (non-hydrogen) atoms. The van der Waals surface area contributed by atoms with Crippen LogP contribution in [0.5, 0.6) is 0 Å². The molecule has 2 amide bonds. The van der Waals surface area contributed by atoms with Gasteiger partial charge in [-0.15, -0.1) is 0 Å². The van der Waals surface area contributed by atoms with E-state index in [4.69, 9.17) is 5.73 Å². The number of carbonyl (C=O) groups excluding carboxylic acids is 1. The summed E-state index contributed by atoms with van der Waals surface area (Å²) in [5, 5.41) is 5.78. The first-order chi connectivity index (χ1) is 9.19. The van der Waals surface area contributed by atoms with Gasteiger partial charge in [0.15, 0.2) is 0 Å². The minimum absolute atomic E-state index is 0.134. The lowest BCUT2D eigenvalue weighted by Crippen LogP contribution is -2.41. The predicted molar refractivity (Wildman–Crippen MR) is 76.9 cm³/mol. The summed E-state index contributed by atoms with van der Waals surface area (Å²) in [6.45, 7) is 2.32. The van der Waals surface area contributed by atoms with E-state index in [-0.39, 0.29) is 6.03 Å². The van der Waals surface area contributed by atoms with Crippen LogP contribution in [0.1, 0.15) is 30.4 Å². The third kappa shape index (κ3) is 3.73. The highest BCUT2D eigenvalue weighted by molar-refractivity contribution is 5.89. The highest BCUT2D eigenvalue weighted by Crippen LogP contribution is 2.18. The molecule has 1 saturated carbocycles. The van der Waals surface area contributed by atoms with Gasteiger partial charge in [0.05, 0.1) is 6.54 Å². The van der Waals surface area contributed by atoms with Gasteiger partial charge in [-0.25, -0.2) is 4.79 Å². The number of nitrogens with two attached hydrogens (primary N) is 1. The van der Waals surface area contributed by atoms with Gasteiger partial charge in [-0.05, 0) is 49.9 Å². The molecule has 1 aliphatic rings. The van der Waals surface area contributed by atoms with Crippen molar-refractivity contribution in [2.24, 2.45) is 5.73 Å². The summed E-state index contributed by atoms with van der Waals surface area (Å²) in [5.74, 6) is 5.83. The molecule has 0 atom stereocenters. The molecule has 2 rings (SSSR count). The molecule has 4 nitrogen and oxygen atoms in total. The number of anilines is 1. The maximum atomic E-state index is 11.7. The average Bonchev–Trinajstić information content (AvgIpc) is 2.33. The second-order valence-electron chi connectivity index (χ2n) is 4.76. The number of carbonyl (C=O) groups is 1. The van der Waals surface area contributed by atoms with Crippen LogP contribution in [0.3, 0.4) is 0 Å². The molecule has 0 unspecified atom stereocenters. The Morgan fingerprint density at radius 3 is 2.84 bits per heavy atom. The van der Waals surface area contributed by atoms with Crippen molar-refractivity contribution in [3.05, 3.63) is 29.3 Å². The van der Waals surface area contributed by atoms with Crippen molar-refractivity contribution in [1.82, 2.24) is 5.32 Å². The van der Waals surface area contributed by atoms with E-state index in [0.717, 1.165) is 29.7 Å². The van der Waals surface area contributed by atoms with Crippen molar-refractivity contribution in [2.45, 2.75) is 32.2 Å². The van der Waals surface area contributed by atoms with Crippen LogP contribution in [0.15, 0.2) is 18.2 Å². The molecule has 0 radical (unpaired) electrons. The van der Waals surface area contributed by atoms with Crippen molar-refractivity contribution in [1.29, 1.82) is 0 Å². The number of urea groups is 1. The molecule has 0 saturated heterocycles. The second kappa shape index (κ2) is 6.26. The first kappa shape index (κ1) is 13.4. The fourth-order valence-electron chi connectivity index (χ4n) is 1.93. The number of aryl methyl sites for hydroxylation is 1. The van der Waals surface area contributed by atoms with Gasteiger partial charge in [-0.1, -0.05) is 11.8 Å². The number of amides is 2. The number of rotatable bonds is 2. The van der Waals surface area contributed by atoms with E-state index >= 15 is 0 Å². The van der Waals surface area contributed by atoms with Gasteiger partial charge in [0.1, 0.15) is 0 Å². The lowest BCUT2D eigenvalue weighted by molar-refractivity contribution is 0.240. The van der Waals surface area contributed by atoms with Gasteiger partial charge in [-0.2, -0.15) is 0 Å². The molecule has 1 aliphatic carbocycles. The lowest BCUT2D eigenvalue weighted by atomic mass is 9.93. The Kier molecular flexibility index (Phi) is 4.43. The number of nitrogens with one attached hydrogen (secondary N) is 2. The highest BCUT2D eigenvalue weighted by Gasteiger charge is 2.19. The smallest absolute Gasteiger partial charge is 0.319 e. The third-order valence-corrected chi connectivity index (χ3v) is 3.25. The average molecular weight is 257 g/mol. The Morgan fingerprint density at radius 2 is 2.26 bits per heavy atom. The molecule has 0 bridgehead atoms. The fraction of sp³-hybridized carbons (Fsp3) is 0.400. The maximum Gasteiger partial charge on any atom is 0.319 e. The van der Waals surface area contributed by atoms with Crippen molar-refractivity contribution in [3.8, 4) is 11.8 Å². The molecule has 0 spiro atoms. The SMILES string of the molecule is Cc1cc(NC(=O)NC2CCC2)ccc1C#CCN. The fourth-order valence-corrected chi connectivity index (χ4v) is 1.93. The largest absolute Gasteiger partial charge is 0.335 e. The molecule has 1 fully saturated rings. The summed E-state index contributed by atoms with van der Waals surface area (Å²) < 4.78 is 0. The third-order valence-electron chi connectivity index (χ3n) is 3.25. The topological polar surface area (TPSA) is 67.2 Å². The van der Waals surface area contributed by atoms with Gasteiger partial charge in [-0.3, -0.25) is 0 Å². The van der Waals surface area contributed by atoms with E-state index in [9.17, 15) is 4.79 Å². The van der Waals surface area contributed by atoms with E-state index in [1.807, 2.05) is 25.1 Å². The molecule has 100 valence electrons. The van der Waals surface area contributed by atoms with Gasteiger partial charge in [0, 0.05) is 17.3 Å². The highest BCUT2D eigenvalue weighted by atomic mass is 16.2. The van der Waals surface area contributed by atoms with Crippen LogP contribution < -0.4 is 16.4 Å². The van der Waals surface area contributed by atoms with Gasteiger partial charge in [0.25, 0.3) is 0 Å². The molecular formula is C15H19N3O. The van der Waals surface area contributed by atoms with E-state index in [1.165, 1.54) is 6.42 Å². The van der Waals surface area contributed by atoms with Crippen LogP contribution >= 0.6 is 0 Å². The maximum absolute atomic E-state index is 11.7. The predicted octanol–water partition coefficient (Wildman–Crippen LogP) is 1.98. The van der Waals surface area contributed by atoms with Crippen LogP contribution in [-0.4, -0.2) is 18.6 Å². The van der Waals surface area contributed by atoms with E-state index < -0.39 is 0 Å². The van der Waals surface area contributed by atoms with E-state index in [2.05, 4.69) is 22.5 Å². The van der Waals surface area contributed by atoms with Crippen molar-refractivity contribution in [2.75, 3.05) is 11.9 Å². The molecule has 4 N–H and O–H groups in total. The zero-order chi connectivity index (χ0) is 13.7. The Balaban J connectivity index is 1.96. The minimum atomic E-state index is -0.134. The quantitative estimate of drug-likeness (QED) is 0.709. The normalized spacial score (nSPS) is 14.0. The van der Waals surface area contributed by atoms with Crippen LogP contribution in [0.2, 0.25) is 0 Å². The summed E-state index contributed by atoms with van der Waals surface area (Å²) in [5.41, 5.74) is 8.10.